The van der Waals surface area contributed by atoms with Gasteiger partial charge in [0.05, 0.1) is 4.92 Å². The molecule has 30 heavy (non-hydrogen) atoms. The molecule has 0 atom stereocenters. The van der Waals surface area contributed by atoms with Gasteiger partial charge in [0.25, 0.3) is 17.5 Å². The van der Waals surface area contributed by atoms with Gasteiger partial charge in [-0.15, -0.1) is 0 Å². The van der Waals surface area contributed by atoms with Crippen molar-refractivity contribution in [2.75, 3.05) is 13.1 Å². The summed E-state index contributed by atoms with van der Waals surface area (Å²) in [5.74, 6) is -0.668. The number of nitrogens with one attached hydrogen (secondary N) is 1. The standard InChI is InChI=1S/C23H25N3O4/c1-17-9-11-19(12-10-17)22(27)24-21(23(28)25-13-4-2-3-5-14-25)16-18-7-6-8-20(15-18)26(29)30/h6-12,15-16H,2-5,13-14H2,1H3,(H,24,27)/b21-16+. The average molecular weight is 407 g/mol. The number of nitro groups is 1. The van der Waals surface area contributed by atoms with E-state index in [0.29, 0.717) is 24.2 Å². The first-order valence-corrected chi connectivity index (χ1v) is 10.1. The first-order valence-electron chi connectivity index (χ1n) is 10.1. The number of nitrogens with zero attached hydrogens (tertiary/aromatic N) is 2. The molecule has 0 radical (unpaired) electrons. The summed E-state index contributed by atoms with van der Waals surface area (Å²) in [6.07, 6.45) is 5.49. The van der Waals surface area contributed by atoms with Crippen molar-refractivity contribution in [2.24, 2.45) is 0 Å². The van der Waals surface area contributed by atoms with Crippen LogP contribution < -0.4 is 5.32 Å². The van der Waals surface area contributed by atoms with Crippen molar-refractivity contribution in [2.45, 2.75) is 32.6 Å². The molecule has 0 saturated carbocycles. The maximum atomic E-state index is 13.2. The maximum absolute atomic E-state index is 13.2. The van der Waals surface area contributed by atoms with E-state index in [2.05, 4.69) is 5.32 Å². The van der Waals surface area contributed by atoms with Gasteiger partial charge in [0.2, 0.25) is 0 Å². The van der Waals surface area contributed by atoms with Crippen LogP contribution in [0.5, 0.6) is 0 Å². The van der Waals surface area contributed by atoms with Crippen LogP contribution in [0.3, 0.4) is 0 Å². The van der Waals surface area contributed by atoms with Gasteiger partial charge in [-0.05, 0) is 43.5 Å². The first-order chi connectivity index (χ1) is 14.4. The highest BCUT2D eigenvalue weighted by Gasteiger charge is 2.22. The fraction of sp³-hybridized carbons (Fsp3) is 0.304. The van der Waals surface area contributed by atoms with E-state index < -0.39 is 10.8 Å². The molecule has 2 amide bonds. The van der Waals surface area contributed by atoms with E-state index in [4.69, 9.17) is 0 Å². The van der Waals surface area contributed by atoms with Gasteiger partial charge in [0.1, 0.15) is 5.70 Å². The lowest BCUT2D eigenvalue weighted by Crippen LogP contribution is -2.39. The molecule has 156 valence electrons. The van der Waals surface area contributed by atoms with E-state index >= 15 is 0 Å². The van der Waals surface area contributed by atoms with Crippen molar-refractivity contribution in [3.05, 3.63) is 81.0 Å². The minimum Gasteiger partial charge on any atom is -0.337 e. The van der Waals surface area contributed by atoms with Crippen molar-refractivity contribution in [3.8, 4) is 0 Å². The fourth-order valence-corrected chi connectivity index (χ4v) is 3.39. The Morgan fingerprint density at radius 2 is 1.70 bits per heavy atom. The third-order valence-electron chi connectivity index (χ3n) is 5.08. The molecule has 1 saturated heterocycles. The molecule has 1 fully saturated rings. The Kier molecular flexibility index (Phi) is 6.95. The Hall–Kier alpha value is -3.48. The van der Waals surface area contributed by atoms with Crippen LogP contribution in [0.15, 0.2) is 54.2 Å². The molecule has 1 heterocycles. The number of likely N-dealkylation sites (tertiary alicyclic amines) is 1. The average Bonchev–Trinajstić information content (AvgIpc) is 3.03. The van der Waals surface area contributed by atoms with Gasteiger partial charge in [0.15, 0.2) is 0 Å². The molecule has 7 heteroatoms. The maximum Gasteiger partial charge on any atom is 0.270 e. The predicted molar refractivity (Wildman–Crippen MR) is 115 cm³/mol. The second-order valence-electron chi connectivity index (χ2n) is 7.44. The molecule has 0 unspecified atom stereocenters. The van der Waals surface area contributed by atoms with Gasteiger partial charge in [-0.1, -0.05) is 42.7 Å². The van der Waals surface area contributed by atoms with Gasteiger partial charge in [-0.25, -0.2) is 0 Å². The van der Waals surface area contributed by atoms with E-state index in [1.165, 1.54) is 18.2 Å². The lowest BCUT2D eigenvalue weighted by atomic mass is 10.1. The summed E-state index contributed by atoms with van der Waals surface area (Å²) in [4.78, 5) is 38.3. The predicted octanol–water partition coefficient (Wildman–Crippen LogP) is 4.08. The second-order valence-corrected chi connectivity index (χ2v) is 7.44. The quantitative estimate of drug-likeness (QED) is 0.459. The highest BCUT2D eigenvalue weighted by Crippen LogP contribution is 2.18. The highest BCUT2D eigenvalue weighted by atomic mass is 16.6. The number of benzene rings is 2. The number of hydrogen-bond acceptors (Lipinski definition) is 4. The van der Waals surface area contributed by atoms with Crippen LogP contribution >= 0.6 is 0 Å². The zero-order valence-electron chi connectivity index (χ0n) is 17.0. The Labute approximate surface area is 175 Å². The summed E-state index contributed by atoms with van der Waals surface area (Å²) in [6.45, 7) is 3.19. The summed E-state index contributed by atoms with van der Waals surface area (Å²) in [5, 5.41) is 13.8. The number of non-ortho nitro benzene ring substituents is 1. The van der Waals surface area contributed by atoms with Crippen LogP contribution in [0.25, 0.3) is 6.08 Å². The zero-order chi connectivity index (χ0) is 21.5. The SMILES string of the molecule is Cc1ccc(C(=O)N/C(=C/c2cccc([N+](=O)[O-])c2)C(=O)N2CCCCCC2)cc1. The van der Waals surface area contributed by atoms with E-state index in [0.717, 1.165) is 31.2 Å². The molecule has 2 aromatic carbocycles. The van der Waals surface area contributed by atoms with Crippen LogP contribution in [0, 0.1) is 17.0 Å². The number of amides is 2. The smallest absolute Gasteiger partial charge is 0.270 e. The van der Waals surface area contributed by atoms with Crippen molar-refractivity contribution in [3.63, 3.8) is 0 Å². The number of carbonyl (C=O) groups is 2. The van der Waals surface area contributed by atoms with Crippen molar-refractivity contribution < 1.29 is 14.5 Å². The number of aryl methyl sites for hydroxylation is 1. The molecule has 0 aromatic heterocycles. The minimum atomic E-state index is -0.488. The van der Waals surface area contributed by atoms with Crippen LogP contribution in [0.2, 0.25) is 0 Å². The molecule has 2 aromatic rings. The molecule has 7 nitrogen and oxygen atoms in total. The van der Waals surface area contributed by atoms with Crippen LogP contribution in [0.1, 0.15) is 47.2 Å². The van der Waals surface area contributed by atoms with Gasteiger partial charge in [0, 0.05) is 30.8 Å². The summed E-state index contributed by atoms with van der Waals surface area (Å²) >= 11 is 0. The van der Waals surface area contributed by atoms with Gasteiger partial charge in [-0.3, -0.25) is 19.7 Å². The Morgan fingerprint density at radius 1 is 1.03 bits per heavy atom. The number of nitro benzene ring substituents is 1. The summed E-state index contributed by atoms with van der Waals surface area (Å²) in [5.41, 5.74) is 1.98. The molecule has 1 N–H and O–H groups in total. The number of rotatable bonds is 5. The zero-order valence-corrected chi connectivity index (χ0v) is 17.0. The normalized spacial score (nSPS) is 14.7. The number of hydrogen-bond donors (Lipinski definition) is 1. The van der Waals surface area contributed by atoms with Gasteiger partial charge < -0.3 is 10.2 Å². The van der Waals surface area contributed by atoms with Crippen molar-refractivity contribution in [1.29, 1.82) is 0 Å². The summed E-state index contributed by atoms with van der Waals surface area (Å²) in [7, 11) is 0. The van der Waals surface area contributed by atoms with E-state index in [-0.39, 0.29) is 17.3 Å². The van der Waals surface area contributed by atoms with Crippen LogP contribution in [0.4, 0.5) is 5.69 Å². The monoisotopic (exact) mass is 407 g/mol. The molecule has 1 aliphatic heterocycles. The topological polar surface area (TPSA) is 92.5 Å². The molecular formula is C23H25N3O4. The molecule has 0 bridgehead atoms. The molecular weight excluding hydrogens is 382 g/mol. The molecule has 1 aliphatic rings. The Balaban J connectivity index is 1.92. The second kappa shape index (κ2) is 9.82. The highest BCUT2D eigenvalue weighted by molar-refractivity contribution is 6.05. The van der Waals surface area contributed by atoms with Crippen LogP contribution in [-0.4, -0.2) is 34.7 Å². The fourth-order valence-electron chi connectivity index (χ4n) is 3.39. The first kappa shape index (κ1) is 21.2. The van der Waals surface area contributed by atoms with Crippen molar-refractivity contribution >= 4 is 23.6 Å². The largest absolute Gasteiger partial charge is 0.337 e. The van der Waals surface area contributed by atoms with E-state index in [9.17, 15) is 19.7 Å². The summed E-state index contributed by atoms with van der Waals surface area (Å²) in [6, 6.07) is 13.1. The Morgan fingerprint density at radius 3 is 2.33 bits per heavy atom. The van der Waals surface area contributed by atoms with Crippen LogP contribution in [-0.2, 0) is 4.79 Å². The summed E-state index contributed by atoms with van der Waals surface area (Å²) < 4.78 is 0. The lowest BCUT2D eigenvalue weighted by Gasteiger charge is -2.22. The van der Waals surface area contributed by atoms with E-state index in [1.807, 2.05) is 19.1 Å². The third kappa shape index (κ3) is 5.53. The molecule has 3 rings (SSSR count). The minimum absolute atomic E-state index is 0.0739. The Bertz CT molecular complexity index is 959. The van der Waals surface area contributed by atoms with E-state index in [1.54, 1.807) is 29.2 Å². The third-order valence-corrected chi connectivity index (χ3v) is 5.08. The molecule has 0 spiro atoms. The lowest BCUT2D eigenvalue weighted by molar-refractivity contribution is -0.384. The molecule has 0 aliphatic carbocycles. The van der Waals surface area contributed by atoms with Gasteiger partial charge >= 0.3 is 0 Å². The number of carbonyl (C=O) groups excluding carboxylic acids is 2. The van der Waals surface area contributed by atoms with Crippen molar-refractivity contribution in [1.82, 2.24) is 10.2 Å². The van der Waals surface area contributed by atoms with Gasteiger partial charge in [-0.2, -0.15) is 0 Å².